The molecular weight excluding hydrogens is 187 g/mol. The van der Waals surface area contributed by atoms with Crippen molar-refractivity contribution in [3.8, 4) is 6.07 Å². The maximum Gasteiger partial charge on any atom is 0.308 e. The predicted octanol–water partition coefficient (Wildman–Crippen LogP) is 0.907. The van der Waals surface area contributed by atoms with Crippen LogP contribution in [-0.2, 0) is 11.2 Å². The number of anilines is 1. The molecule has 1 aromatic carbocycles. The Hall–Kier alpha value is -2.09. The average Bonchev–Trinajstić information content (AvgIpc) is 2.12. The molecule has 5 heteroatoms. The molecule has 0 saturated heterocycles. The SMILES string of the molecule is N#Cc1ccc(N)c(CC(=O)O)c1F. The molecule has 0 radical (unpaired) electrons. The van der Waals surface area contributed by atoms with Gasteiger partial charge in [-0.2, -0.15) is 5.26 Å². The van der Waals surface area contributed by atoms with Gasteiger partial charge in [-0.05, 0) is 12.1 Å². The first-order valence-corrected chi connectivity index (χ1v) is 3.75. The van der Waals surface area contributed by atoms with Crippen LogP contribution in [-0.4, -0.2) is 11.1 Å². The summed E-state index contributed by atoms with van der Waals surface area (Å²) in [6.07, 6.45) is -0.521. The fraction of sp³-hybridized carbons (Fsp3) is 0.111. The molecule has 3 N–H and O–H groups in total. The van der Waals surface area contributed by atoms with E-state index in [9.17, 15) is 9.18 Å². The van der Waals surface area contributed by atoms with Crippen LogP contribution in [0, 0.1) is 17.1 Å². The highest BCUT2D eigenvalue weighted by atomic mass is 19.1. The summed E-state index contributed by atoms with van der Waals surface area (Å²) < 4.78 is 13.3. The molecule has 0 unspecified atom stereocenters. The number of carboxylic acid groups (broad SMARTS) is 1. The van der Waals surface area contributed by atoms with Crippen LogP contribution in [0.15, 0.2) is 12.1 Å². The van der Waals surface area contributed by atoms with E-state index in [0.29, 0.717) is 0 Å². The van der Waals surface area contributed by atoms with E-state index in [-0.39, 0.29) is 16.8 Å². The van der Waals surface area contributed by atoms with E-state index >= 15 is 0 Å². The van der Waals surface area contributed by atoms with Crippen LogP contribution in [0.2, 0.25) is 0 Å². The number of carboxylic acids is 1. The molecule has 0 aliphatic rings. The Morgan fingerprint density at radius 3 is 2.79 bits per heavy atom. The minimum Gasteiger partial charge on any atom is -0.481 e. The third kappa shape index (κ3) is 1.80. The third-order valence-electron chi connectivity index (χ3n) is 1.73. The van der Waals surface area contributed by atoms with E-state index in [1.54, 1.807) is 6.07 Å². The summed E-state index contributed by atoms with van der Waals surface area (Å²) in [5, 5.41) is 17.0. The number of hydrogen-bond donors (Lipinski definition) is 2. The van der Waals surface area contributed by atoms with E-state index in [4.69, 9.17) is 16.1 Å². The van der Waals surface area contributed by atoms with Gasteiger partial charge in [0.15, 0.2) is 0 Å². The number of nitriles is 1. The van der Waals surface area contributed by atoms with Crippen molar-refractivity contribution in [3.63, 3.8) is 0 Å². The monoisotopic (exact) mass is 194 g/mol. The molecule has 1 aromatic rings. The summed E-state index contributed by atoms with van der Waals surface area (Å²) in [7, 11) is 0. The molecule has 0 amide bonds. The largest absolute Gasteiger partial charge is 0.481 e. The van der Waals surface area contributed by atoms with Crippen molar-refractivity contribution in [1.29, 1.82) is 5.26 Å². The highest BCUT2D eigenvalue weighted by molar-refractivity contribution is 5.73. The molecule has 0 bridgehead atoms. The standard InChI is InChI=1S/C9H7FN2O2/c10-9-5(4-11)1-2-7(12)6(9)3-8(13)14/h1-2H,3,12H2,(H,13,14). The molecule has 0 atom stereocenters. The highest BCUT2D eigenvalue weighted by Gasteiger charge is 2.14. The van der Waals surface area contributed by atoms with E-state index in [2.05, 4.69) is 0 Å². The first-order chi connectivity index (χ1) is 6.56. The Morgan fingerprint density at radius 1 is 1.64 bits per heavy atom. The molecule has 0 aliphatic carbocycles. The van der Waals surface area contributed by atoms with Gasteiger partial charge >= 0.3 is 5.97 Å². The summed E-state index contributed by atoms with van der Waals surface area (Å²) in [6.45, 7) is 0. The van der Waals surface area contributed by atoms with Gasteiger partial charge < -0.3 is 10.8 Å². The van der Waals surface area contributed by atoms with E-state index in [0.717, 1.165) is 0 Å². The summed E-state index contributed by atoms with van der Waals surface area (Å²) >= 11 is 0. The number of benzene rings is 1. The van der Waals surface area contributed by atoms with Gasteiger partial charge in [0.2, 0.25) is 0 Å². The Kier molecular flexibility index (Phi) is 2.67. The van der Waals surface area contributed by atoms with E-state index in [1.165, 1.54) is 12.1 Å². The molecule has 0 heterocycles. The van der Waals surface area contributed by atoms with Crippen LogP contribution in [0.4, 0.5) is 10.1 Å². The van der Waals surface area contributed by atoms with Gasteiger partial charge in [0.05, 0.1) is 12.0 Å². The van der Waals surface area contributed by atoms with Crippen molar-refractivity contribution in [2.45, 2.75) is 6.42 Å². The summed E-state index contributed by atoms with van der Waals surface area (Å²) in [5.74, 6) is -2.04. The van der Waals surface area contributed by atoms with Gasteiger partial charge in [0.1, 0.15) is 11.9 Å². The van der Waals surface area contributed by atoms with Gasteiger partial charge in [-0.3, -0.25) is 4.79 Å². The Labute approximate surface area is 79.4 Å². The number of carbonyl (C=O) groups is 1. The fourth-order valence-electron chi connectivity index (χ4n) is 1.05. The molecular formula is C9H7FN2O2. The Balaban J connectivity index is 3.27. The van der Waals surface area contributed by atoms with Gasteiger partial charge in [-0.15, -0.1) is 0 Å². The average molecular weight is 194 g/mol. The lowest BCUT2D eigenvalue weighted by Crippen LogP contribution is -2.07. The highest BCUT2D eigenvalue weighted by Crippen LogP contribution is 2.19. The zero-order chi connectivity index (χ0) is 10.7. The minimum absolute atomic E-state index is 0.0453. The molecule has 0 saturated carbocycles. The second-order valence-electron chi connectivity index (χ2n) is 2.68. The number of nitrogens with zero attached hydrogens (tertiary/aromatic N) is 1. The topological polar surface area (TPSA) is 87.1 Å². The molecule has 4 nitrogen and oxygen atoms in total. The number of halogens is 1. The Morgan fingerprint density at radius 2 is 2.29 bits per heavy atom. The smallest absolute Gasteiger partial charge is 0.308 e. The second kappa shape index (κ2) is 3.75. The third-order valence-corrected chi connectivity index (χ3v) is 1.73. The molecule has 72 valence electrons. The first kappa shape index (κ1) is 9.99. The summed E-state index contributed by atoms with van der Waals surface area (Å²) in [5.41, 5.74) is 5.09. The maximum atomic E-state index is 13.3. The van der Waals surface area contributed by atoms with E-state index < -0.39 is 18.2 Å². The quantitative estimate of drug-likeness (QED) is 0.685. The van der Waals surface area contributed by atoms with Gasteiger partial charge in [-0.1, -0.05) is 0 Å². The fourth-order valence-corrected chi connectivity index (χ4v) is 1.05. The van der Waals surface area contributed by atoms with Crippen molar-refractivity contribution in [3.05, 3.63) is 29.1 Å². The van der Waals surface area contributed by atoms with Crippen LogP contribution < -0.4 is 5.73 Å². The Bertz CT molecular complexity index is 424. The predicted molar refractivity (Wildman–Crippen MR) is 46.9 cm³/mol. The van der Waals surface area contributed by atoms with Crippen LogP contribution in [0.5, 0.6) is 0 Å². The lowest BCUT2D eigenvalue weighted by molar-refractivity contribution is -0.136. The summed E-state index contributed by atoms with van der Waals surface area (Å²) in [4.78, 5) is 10.4. The van der Waals surface area contributed by atoms with Crippen molar-refractivity contribution in [2.24, 2.45) is 0 Å². The zero-order valence-corrected chi connectivity index (χ0v) is 7.12. The maximum absolute atomic E-state index is 13.3. The van der Waals surface area contributed by atoms with Gasteiger partial charge in [-0.25, -0.2) is 4.39 Å². The van der Waals surface area contributed by atoms with Gasteiger partial charge in [0.25, 0.3) is 0 Å². The number of nitrogens with two attached hydrogens (primary N) is 1. The minimum atomic E-state index is -1.19. The van der Waals surface area contributed by atoms with Crippen LogP contribution in [0.1, 0.15) is 11.1 Å². The lowest BCUT2D eigenvalue weighted by Gasteiger charge is -2.04. The number of rotatable bonds is 2. The first-order valence-electron chi connectivity index (χ1n) is 3.75. The van der Waals surface area contributed by atoms with E-state index in [1.807, 2.05) is 0 Å². The molecule has 0 fully saturated rings. The second-order valence-corrected chi connectivity index (χ2v) is 2.68. The molecule has 0 aliphatic heterocycles. The molecule has 14 heavy (non-hydrogen) atoms. The number of aliphatic carboxylic acids is 1. The number of hydrogen-bond acceptors (Lipinski definition) is 3. The van der Waals surface area contributed by atoms with Crippen molar-refractivity contribution in [2.75, 3.05) is 5.73 Å². The van der Waals surface area contributed by atoms with Crippen LogP contribution >= 0.6 is 0 Å². The molecule has 0 spiro atoms. The lowest BCUT2D eigenvalue weighted by atomic mass is 10.1. The van der Waals surface area contributed by atoms with Crippen molar-refractivity contribution >= 4 is 11.7 Å². The van der Waals surface area contributed by atoms with Crippen LogP contribution in [0.3, 0.4) is 0 Å². The zero-order valence-electron chi connectivity index (χ0n) is 7.12. The molecule has 1 rings (SSSR count). The van der Waals surface area contributed by atoms with Crippen LogP contribution in [0.25, 0.3) is 0 Å². The summed E-state index contributed by atoms with van der Waals surface area (Å²) in [6, 6.07) is 4.15. The van der Waals surface area contributed by atoms with Gasteiger partial charge in [0, 0.05) is 11.3 Å². The molecule has 0 aromatic heterocycles. The van der Waals surface area contributed by atoms with Crippen molar-refractivity contribution in [1.82, 2.24) is 0 Å². The number of nitrogen functional groups attached to an aromatic ring is 1. The normalized spacial score (nSPS) is 9.43. The van der Waals surface area contributed by atoms with Crippen molar-refractivity contribution < 1.29 is 14.3 Å².